The number of nitrogens with one attached hydrogen (secondary N) is 1. The number of carbonyl (C=O) groups is 1. The van der Waals surface area contributed by atoms with Gasteiger partial charge in [-0.1, -0.05) is 6.92 Å². The fourth-order valence-electron chi connectivity index (χ4n) is 1.47. The Morgan fingerprint density at radius 3 is 2.38 bits per heavy atom. The maximum atomic E-state index is 12.9. The quantitative estimate of drug-likeness (QED) is 0.732. The molecule has 16 heavy (non-hydrogen) atoms. The highest BCUT2D eigenvalue weighted by Gasteiger charge is 2.52. The van der Waals surface area contributed by atoms with E-state index < -0.39 is 24.3 Å². The first kappa shape index (κ1) is 13.2. The molecule has 1 amide bonds. The van der Waals surface area contributed by atoms with Crippen LogP contribution in [0.5, 0.6) is 0 Å². The summed E-state index contributed by atoms with van der Waals surface area (Å²) in [5.41, 5.74) is 0. The molecule has 1 N–H and O–H groups in total. The van der Waals surface area contributed by atoms with E-state index in [1.54, 1.807) is 6.92 Å². The molecule has 0 unspecified atom stereocenters. The summed E-state index contributed by atoms with van der Waals surface area (Å²) in [4.78, 5) is 12.1. The molecule has 0 bridgehead atoms. The second kappa shape index (κ2) is 4.99. The Balaban J connectivity index is 2.73. The van der Waals surface area contributed by atoms with E-state index in [4.69, 9.17) is 0 Å². The van der Waals surface area contributed by atoms with Crippen LogP contribution < -0.4 is 5.32 Å². The van der Waals surface area contributed by atoms with Gasteiger partial charge >= 0.3 is 12.3 Å². The van der Waals surface area contributed by atoms with Gasteiger partial charge in [-0.05, 0) is 6.42 Å². The smallest absolute Gasteiger partial charge is 0.332 e. The molecular formula is C9H14F4N2O. The third-order valence-electron chi connectivity index (χ3n) is 2.49. The van der Waals surface area contributed by atoms with Crippen molar-refractivity contribution in [2.45, 2.75) is 31.7 Å². The molecule has 1 aliphatic heterocycles. The summed E-state index contributed by atoms with van der Waals surface area (Å²) in [5.74, 6) is -6.35. The van der Waals surface area contributed by atoms with Crippen LogP contribution in [0.1, 0.15) is 13.3 Å². The second-order valence-corrected chi connectivity index (χ2v) is 3.73. The zero-order valence-electron chi connectivity index (χ0n) is 8.85. The van der Waals surface area contributed by atoms with E-state index in [2.05, 4.69) is 5.32 Å². The van der Waals surface area contributed by atoms with E-state index in [0.717, 1.165) is 4.90 Å². The van der Waals surface area contributed by atoms with Crippen molar-refractivity contribution in [1.29, 1.82) is 0 Å². The normalized spacial score (nSPS) is 17.4. The van der Waals surface area contributed by atoms with Crippen LogP contribution in [0.2, 0.25) is 0 Å². The van der Waals surface area contributed by atoms with Crippen LogP contribution in [-0.4, -0.2) is 48.8 Å². The van der Waals surface area contributed by atoms with E-state index in [1.807, 2.05) is 0 Å². The van der Waals surface area contributed by atoms with Gasteiger partial charge in [0.1, 0.15) is 0 Å². The Kier molecular flexibility index (Phi) is 4.12. The lowest BCUT2D eigenvalue weighted by molar-refractivity contribution is -0.183. The van der Waals surface area contributed by atoms with Crippen LogP contribution in [0.15, 0.2) is 0 Å². The van der Waals surface area contributed by atoms with Crippen molar-refractivity contribution in [3.63, 3.8) is 0 Å². The molecule has 0 aromatic heterocycles. The molecule has 0 radical (unpaired) electrons. The number of amides is 1. The molecule has 1 saturated heterocycles. The number of hydrogen-bond acceptors (Lipinski definition) is 2. The molecule has 1 fully saturated rings. The van der Waals surface area contributed by atoms with Gasteiger partial charge in [0, 0.05) is 19.6 Å². The minimum Gasteiger partial charge on any atom is -0.332 e. The summed E-state index contributed by atoms with van der Waals surface area (Å²) in [6, 6.07) is -0.392. The third kappa shape index (κ3) is 2.45. The van der Waals surface area contributed by atoms with Gasteiger partial charge in [0.05, 0.1) is 6.04 Å². The van der Waals surface area contributed by atoms with Crippen LogP contribution in [0.25, 0.3) is 0 Å². The van der Waals surface area contributed by atoms with Gasteiger partial charge in [-0.2, -0.15) is 8.78 Å². The van der Waals surface area contributed by atoms with Crippen molar-refractivity contribution >= 4 is 5.91 Å². The van der Waals surface area contributed by atoms with Gasteiger partial charge in [-0.3, -0.25) is 4.79 Å². The number of halogens is 4. The highest BCUT2D eigenvalue weighted by molar-refractivity contribution is 5.84. The average molecular weight is 242 g/mol. The predicted octanol–water partition coefficient (Wildman–Crippen LogP) is 1.10. The summed E-state index contributed by atoms with van der Waals surface area (Å²) in [6.07, 6.45) is -3.49. The highest BCUT2D eigenvalue weighted by Crippen LogP contribution is 2.27. The minimum absolute atomic E-state index is 0.0769. The number of nitrogens with zero attached hydrogens (tertiary/aromatic N) is 1. The van der Waals surface area contributed by atoms with Gasteiger partial charge in [-0.15, -0.1) is 0 Å². The van der Waals surface area contributed by atoms with Crippen molar-refractivity contribution in [2.75, 3.05) is 19.6 Å². The molecule has 0 spiro atoms. The fourth-order valence-corrected chi connectivity index (χ4v) is 1.47. The number of hydrogen-bond donors (Lipinski definition) is 1. The summed E-state index contributed by atoms with van der Waals surface area (Å²) < 4.78 is 49.8. The SMILES string of the molecule is CCCN(C(=O)C(F)(F)C(F)F)C1CNC1. The minimum atomic E-state index is -4.58. The van der Waals surface area contributed by atoms with E-state index in [9.17, 15) is 22.4 Å². The topological polar surface area (TPSA) is 32.3 Å². The Hall–Kier alpha value is -0.850. The summed E-state index contributed by atoms with van der Waals surface area (Å²) >= 11 is 0. The standard InChI is InChI=1S/C9H14F4N2O/c1-2-3-15(6-4-14-5-6)8(16)9(12,13)7(10)11/h6-7,14H,2-5H2,1H3. The zero-order valence-corrected chi connectivity index (χ0v) is 8.85. The van der Waals surface area contributed by atoms with Crippen molar-refractivity contribution in [3.05, 3.63) is 0 Å². The van der Waals surface area contributed by atoms with E-state index >= 15 is 0 Å². The molecule has 0 aromatic rings. The van der Waals surface area contributed by atoms with Crippen LogP contribution in [0, 0.1) is 0 Å². The lowest BCUT2D eigenvalue weighted by Crippen LogP contribution is -2.62. The molecule has 0 aromatic carbocycles. The maximum Gasteiger partial charge on any atom is 0.383 e. The van der Waals surface area contributed by atoms with Crippen molar-refractivity contribution in [1.82, 2.24) is 10.2 Å². The van der Waals surface area contributed by atoms with Gasteiger partial charge < -0.3 is 10.2 Å². The molecule has 7 heteroatoms. The predicted molar refractivity (Wildman–Crippen MR) is 49.6 cm³/mol. The second-order valence-electron chi connectivity index (χ2n) is 3.73. The van der Waals surface area contributed by atoms with Crippen molar-refractivity contribution < 1.29 is 22.4 Å². The largest absolute Gasteiger partial charge is 0.383 e. The number of carbonyl (C=O) groups excluding carboxylic acids is 1. The average Bonchev–Trinajstić information content (AvgIpc) is 2.12. The summed E-state index contributed by atoms with van der Waals surface area (Å²) in [5, 5.41) is 2.81. The first-order chi connectivity index (χ1) is 7.41. The van der Waals surface area contributed by atoms with Crippen LogP contribution in [0.4, 0.5) is 17.6 Å². The Labute approximate surface area is 90.8 Å². The van der Waals surface area contributed by atoms with Crippen molar-refractivity contribution in [2.24, 2.45) is 0 Å². The first-order valence-corrected chi connectivity index (χ1v) is 5.09. The molecule has 0 aliphatic carbocycles. The summed E-state index contributed by atoms with van der Waals surface area (Å²) in [7, 11) is 0. The fraction of sp³-hybridized carbons (Fsp3) is 0.889. The molecule has 1 heterocycles. The Morgan fingerprint density at radius 1 is 1.50 bits per heavy atom. The van der Waals surface area contributed by atoms with Crippen LogP contribution >= 0.6 is 0 Å². The molecule has 3 nitrogen and oxygen atoms in total. The molecule has 0 saturated carbocycles. The number of rotatable bonds is 5. The van der Waals surface area contributed by atoms with Crippen LogP contribution in [0.3, 0.4) is 0 Å². The van der Waals surface area contributed by atoms with Gasteiger partial charge in [0.15, 0.2) is 0 Å². The van der Waals surface area contributed by atoms with Crippen LogP contribution in [-0.2, 0) is 4.79 Å². The maximum absolute atomic E-state index is 12.9. The monoisotopic (exact) mass is 242 g/mol. The molecule has 0 atom stereocenters. The van der Waals surface area contributed by atoms with Gasteiger partial charge in [0.2, 0.25) is 0 Å². The first-order valence-electron chi connectivity index (χ1n) is 5.09. The zero-order chi connectivity index (χ0) is 12.3. The van der Waals surface area contributed by atoms with E-state index in [1.165, 1.54) is 0 Å². The lowest BCUT2D eigenvalue weighted by Gasteiger charge is -2.39. The Bertz CT molecular complexity index is 256. The molecular weight excluding hydrogens is 228 g/mol. The highest BCUT2D eigenvalue weighted by atomic mass is 19.3. The number of alkyl halides is 4. The third-order valence-corrected chi connectivity index (χ3v) is 2.49. The van der Waals surface area contributed by atoms with Crippen molar-refractivity contribution in [3.8, 4) is 0 Å². The van der Waals surface area contributed by atoms with E-state index in [-0.39, 0.29) is 6.54 Å². The van der Waals surface area contributed by atoms with Gasteiger partial charge in [-0.25, -0.2) is 8.78 Å². The van der Waals surface area contributed by atoms with Gasteiger partial charge in [0.25, 0.3) is 5.91 Å². The van der Waals surface area contributed by atoms with E-state index in [0.29, 0.717) is 19.5 Å². The molecule has 1 aliphatic rings. The summed E-state index contributed by atoms with van der Waals surface area (Å²) in [6.45, 7) is 2.54. The molecule has 1 rings (SSSR count). The lowest BCUT2D eigenvalue weighted by atomic mass is 10.1. The Morgan fingerprint density at radius 2 is 2.06 bits per heavy atom. The molecule has 94 valence electrons.